The van der Waals surface area contributed by atoms with Crippen molar-refractivity contribution in [3.63, 3.8) is 0 Å². The summed E-state index contributed by atoms with van der Waals surface area (Å²) in [4.78, 5) is 14.5. The number of hydrogen-bond donors (Lipinski definition) is 2. The first kappa shape index (κ1) is 15.1. The molecule has 2 heterocycles. The van der Waals surface area contributed by atoms with Crippen LogP contribution < -0.4 is 10.6 Å². The number of amides is 2. The summed E-state index contributed by atoms with van der Waals surface area (Å²) in [6, 6.07) is 11.8. The third kappa shape index (κ3) is 3.87. The topological polar surface area (TPSA) is 44.4 Å². The molecule has 2 N–H and O–H groups in total. The van der Waals surface area contributed by atoms with Crippen LogP contribution in [0.15, 0.2) is 47.2 Å². The van der Waals surface area contributed by atoms with Gasteiger partial charge in [-0.3, -0.25) is 4.90 Å². The Bertz CT molecular complexity index is 579. The standard InChI is InChI=1S/C17H21N3OS/c21-17(19-15-6-2-1-3-7-15)18-12-16(14-8-11-22-13-14)20-9-4-5-10-20/h1-3,6-8,11,13,16H,4-5,9-10,12H2,(H2,18,19,21). The highest BCUT2D eigenvalue weighted by molar-refractivity contribution is 7.07. The van der Waals surface area contributed by atoms with Crippen molar-refractivity contribution in [2.45, 2.75) is 18.9 Å². The van der Waals surface area contributed by atoms with Crippen LogP contribution in [0.5, 0.6) is 0 Å². The number of likely N-dealkylation sites (tertiary alicyclic amines) is 1. The van der Waals surface area contributed by atoms with E-state index in [1.807, 2.05) is 30.3 Å². The zero-order valence-corrected chi connectivity index (χ0v) is 13.3. The molecule has 1 aliphatic rings. The van der Waals surface area contributed by atoms with Crippen molar-refractivity contribution in [1.82, 2.24) is 10.2 Å². The molecule has 4 nitrogen and oxygen atoms in total. The van der Waals surface area contributed by atoms with E-state index in [4.69, 9.17) is 0 Å². The molecule has 1 aromatic heterocycles. The average Bonchev–Trinajstić information content (AvgIpc) is 3.22. The van der Waals surface area contributed by atoms with Crippen molar-refractivity contribution in [1.29, 1.82) is 0 Å². The maximum absolute atomic E-state index is 12.1. The van der Waals surface area contributed by atoms with E-state index < -0.39 is 0 Å². The van der Waals surface area contributed by atoms with E-state index in [0.717, 1.165) is 18.8 Å². The van der Waals surface area contributed by atoms with E-state index in [-0.39, 0.29) is 12.1 Å². The van der Waals surface area contributed by atoms with E-state index in [0.29, 0.717) is 6.54 Å². The van der Waals surface area contributed by atoms with Crippen molar-refractivity contribution in [3.05, 3.63) is 52.7 Å². The zero-order chi connectivity index (χ0) is 15.2. The molecule has 1 unspecified atom stereocenters. The highest BCUT2D eigenvalue weighted by Gasteiger charge is 2.24. The number of anilines is 1. The maximum Gasteiger partial charge on any atom is 0.319 e. The summed E-state index contributed by atoms with van der Waals surface area (Å²) in [5.74, 6) is 0. The molecular formula is C17H21N3OS. The summed E-state index contributed by atoms with van der Waals surface area (Å²) >= 11 is 1.71. The second-order valence-electron chi connectivity index (χ2n) is 5.52. The number of rotatable bonds is 5. The van der Waals surface area contributed by atoms with Gasteiger partial charge >= 0.3 is 6.03 Å². The van der Waals surface area contributed by atoms with Gasteiger partial charge in [-0.05, 0) is 60.5 Å². The average molecular weight is 315 g/mol. The highest BCUT2D eigenvalue weighted by Crippen LogP contribution is 2.26. The van der Waals surface area contributed by atoms with Gasteiger partial charge in [0.25, 0.3) is 0 Å². The number of para-hydroxylation sites is 1. The maximum atomic E-state index is 12.1. The molecule has 0 radical (unpaired) electrons. The number of carbonyl (C=O) groups excluding carboxylic acids is 1. The summed E-state index contributed by atoms with van der Waals surface area (Å²) in [7, 11) is 0. The van der Waals surface area contributed by atoms with Gasteiger partial charge in [0.05, 0.1) is 6.04 Å². The van der Waals surface area contributed by atoms with Crippen molar-refractivity contribution in [3.8, 4) is 0 Å². The number of nitrogens with zero attached hydrogens (tertiary/aromatic N) is 1. The van der Waals surface area contributed by atoms with Gasteiger partial charge in [0.1, 0.15) is 0 Å². The predicted molar refractivity (Wildman–Crippen MR) is 91.3 cm³/mol. The van der Waals surface area contributed by atoms with Gasteiger partial charge in [-0.1, -0.05) is 18.2 Å². The zero-order valence-electron chi connectivity index (χ0n) is 12.5. The second kappa shape index (κ2) is 7.42. The molecular weight excluding hydrogens is 294 g/mol. The van der Waals surface area contributed by atoms with Gasteiger partial charge in [0, 0.05) is 12.2 Å². The number of nitrogens with one attached hydrogen (secondary N) is 2. The van der Waals surface area contributed by atoms with E-state index in [9.17, 15) is 4.79 Å². The van der Waals surface area contributed by atoms with Gasteiger partial charge in [0.15, 0.2) is 0 Å². The monoisotopic (exact) mass is 315 g/mol. The van der Waals surface area contributed by atoms with Gasteiger partial charge < -0.3 is 10.6 Å². The van der Waals surface area contributed by atoms with Crippen LogP contribution in [-0.2, 0) is 0 Å². The number of thiophene rings is 1. The van der Waals surface area contributed by atoms with E-state index in [1.165, 1.54) is 18.4 Å². The van der Waals surface area contributed by atoms with Gasteiger partial charge in [-0.25, -0.2) is 4.79 Å². The molecule has 2 amide bonds. The molecule has 0 spiro atoms. The lowest BCUT2D eigenvalue weighted by Crippen LogP contribution is -2.38. The van der Waals surface area contributed by atoms with Crippen LogP contribution in [0.1, 0.15) is 24.4 Å². The fourth-order valence-corrected chi connectivity index (χ4v) is 3.57. The van der Waals surface area contributed by atoms with Crippen LogP contribution in [-0.4, -0.2) is 30.6 Å². The molecule has 0 aliphatic carbocycles. The van der Waals surface area contributed by atoms with Gasteiger partial charge in [-0.15, -0.1) is 0 Å². The molecule has 22 heavy (non-hydrogen) atoms. The lowest BCUT2D eigenvalue weighted by Gasteiger charge is -2.27. The van der Waals surface area contributed by atoms with Gasteiger partial charge in [-0.2, -0.15) is 11.3 Å². The fourth-order valence-electron chi connectivity index (χ4n) is 2.86. The number of hydrogen-bond acceptors (Lipinski definition) is 3. The number of urea groups is 1. The van der Waals surface area contributed by atoms with Crippen LogP contribution in [0.2, 0.25) is 0 Å². The molecule has 1 aliphatic heterocycles. The largest absolute Gasteiger partial charge is 0.336 e. The minimum atomic E-state index is -0.148. The molecule has 2 aromatic rings. The smallest absolute Gasteiger partial charge is 0.319 e. The quantitative estimate of drug-likeness (QED) is 0.883. The summed E-state index contributed by atoms with van der Waals surface area (Å²) in [6.07, 6.45) is 2.49. The van der Waals surface area contributed by atoms with Gasteiger partial charge in [0.2, 0.25) is 0 Å². The third-order valence-electron chi connectivity index (χ3n) is 4.00. The lowest BCUT2D eigenvalue weighted by molar-refractivity contribution is 0.228. The first-order valence-corrected chi connectivity index (χ1v) is 8.63. The molecule has 1 saturated heterocycles. The first-order valence-electron chi connectivity index (χ1n) is 7.69. The second-order valence-corrected chi connectivity index (χ2v) is 6.30. The fraction of sp³-hybridized carbons (Fsp3) is 0.353. The highest BCUT2D eigenvalue weighted by atomic mass is 32.1. The van der Waals surface area contributed by atoms with E-state index in [1.54, 1.807) is 11.3 Å². The van der Waals surface area contributed by atoms with Crippen molar-refractivity contribution in [2.75, 3.05) is 25.0 Å². The molecule has 116 valence electrons. The Kier molecular flexibility index (Phi) is 5.08. The van der Waals surface area contributed by atoms with Crippen molar-refractivity contribution in [2.24, 2.45) is 0 Å². The SMILES string of the molecule is O=C(NCC(c1ccsc1)N1CCCC1)Nc1ccccc1. The van der Waals surface area contributed by atoms with Crippen LogP contribution in [0, 0.1) is 0 Å². The minimum absolute atomic E-state index is 0.148. The van der Waals surface area contributed by atoms with Crippen LogP contribution in [0.25, 0.3) is 0 Å². The molecule has 0 saturated carbocycles. The lowest BCUT2D eigenvalue weighted by atomic mass is 10.1. The Hall–Kier alpha value is -1.85. The van der Waals surface area contributed by atoms with Crippen molar-refractivity contribution >= 4 is 23.1 Å². The molecule has 1 fully saturated rings. The van der Waals surface area contributed by atoms with Crippen LogP contribution in [0.4, 0.5) is 10.5 Å². The van der Waals surface area contributed by atoms with E-state index >= 15 is 0 Å². The number of carbonyl (C=O) groups is 1. The Morgan fingerprint density at radius 3 is 2.64 bits per heavy atom. The molecule has 1 aromatic carbocycles. The normalized spacial score (nSPS) is 16.4. The summed E-state index contributed by atoms with van der Waals surface area (Å²) in [5, 5.41) is 10.2. The predicted octanol–water partition coefficient (Wildman–Crippen LogP) is 3.71. The Labute approximate surface area is 135 Å². The van der Waals surface area contributed by atoms with Crippen molar-refractivity contribution < 1.29 is 4.79 Å². The summed E-state index contributed by atoms with van der Waals surface area (Å²) in [5.41, 5.74) is 2.11. The molecule has 0 bridgehead atoms. The van der Waals surface area contributed by atoms with Crippen LogP contribution >= 0.6 is 11.3 Å². The molecule has 5 heteroatoms. The van der Waals surface area contributed by atoms with E-state index in [2.05, 4.69) is 32.4 Å². The molecule has 1 atom stereocenters. The summed E-state index contributed by atoms with van der Waals surface area (Å²) < 4.78 is 0. The Morgan fingerprint density at radius 1 is 1.18 bits per heavy atom. The third-order valence-corrected chi connectivity index (χ3v) is 4.70. The summed E-state index contributed by atoms with van der Waals surface area (Å²) in [6.45, 7) is 2.86. The Balaban J connectivity index is 1.58. The number of benzene rings is 1. The Morgan fingerprint density at radius 2 is 1.95 bits per heavy atom. The first-order chi connectivity index (χ1) is 10.8. The minimum Gasteiger partial charge on any atom is -0.336 e. The molecule has 3 rings (SSSR count). The van der Waals surface area contributed by atoms with Crippen LogP contribution in [0.3, 0.4) is 0 Å².